The van der Waals surface area contributed by atoms with Crippen LogP contribution < -0.4 is 5.56 Å². The fourth-order valence-electron chi connectivity index (χ4n) is 0.987. The SMILES string of the molecule is CCCCCn1scc(I)c1=O. The highest BCUT2D eigenvalue weighted by molar-refractivity contribution is 14.1. The molecule has 1 rings (SSSR count). The van der Waals surface area contributed by atoms with Crippen LogP contribution in [0.15, 0.2) is 10.2 Å². The molecule has 0 atom stereocenters. The highest BCUT2D eigenvalue weighted by atomic mass is 127. The summed E-state index contributed by atoms with van der Waals surface area (Å²) >= 11 is 3.61. The van der Waals surface area contributed by atoms with Crippen LogP contribution in [0.25, 0.3) is 0 Å². The normalized spacial score (nSPS) is 10.5. The number of rotatable bonds is 4. The van der Waals surface area contributed by atoms with Gasteiger partial charge >= 0.3 is 0 Å². The van der Waals surface area contributed by atoms with Crippen molar-refractivity contribution in [2.24, 2.45) is 0 Å². The van der Waals surface area contributed by atoms with Crippen molar-refractivity contribution in [2.45, 2.75) is 32.7 Å². The maximum Gasteiger partial charge on any atom is 0.274 e. The van der Waals surface area contributed by atoms with Crippen LogP contribution in [0.5, 0.6) is 0 Å². The fourth-order valence-corrected chi connectivity index (χ4v) is 2.53. The maximum absolute atomic E-state index is 11.3. The second kappa shape index (κ2) is 5.01. The lowest BCUT2D eigenvalue weighted by molar-refractivity contribution is 0.622. The van der Waals surface area contributed by atoms with Crippen LogP contribution in [0.4, 0.5) is 0 Å². The molecule has 0 aliphatic rings. The summed E-state index contributed by atoms with van der Waals surface area (Å²) in [6.07, 6.45) is 3.53. The Morgan fingerprint density at radius 1 is 1.58 bits per heavy atom. The largest absolute Gasteiger partial charge is 0.274 e. The van der Waals surface area contributed by atoms with Crippen molar-refractivity contribution in [2.75, 3.05) is 0 Å². The zero-order chi connectivity index (χ0) is 8.97. The molecule has 1 aromatic rings. The van der Waals surface area contributed by atoms with Crippen LogP contribution in [-0.2, 0) is 6.54 Å². The van der Waals surface area contributed by atoms with Crippen LogP contribution in [0.3, 0.4) is 0 Å². The summed E-state index contributed by atoms with van der Waals surface area (Å²) in [6, 6.07) is 0. The monoisotopic (exact) mass is 297 g/mol. The first-order chi connectivity index (χ1) is 5.75. The summed E-state index contributed by atoms with van der Waals surface area (Å²) in [5, 5.41) is 1.91. The summed E-state index contributed by atoms with van der Waals surface area (Å²) in [4.78, 5) is 11.3. The van der Waals surface area contributed by atoms with E-state index in [0.29, 0.717) is 0 Å². The third-order valence-electron chi connectivity index (χ3n) is 1.68. The van der Waals surface area contributed by atoms with E-state index in [1.807, 2.05) is 9.34 Å². The number of hydrogen-bond donors (Lipinski definition) is 0. The van der Waals surface area contributed by atoms with Gasteiger partial charge in [-0.25, -0.2) is 0 Å². The zero-order valence-corrected chi connectivity index (χ0v) is 10.0. The van der Waals surface area contributed by atoms with Gasteiger partial charge in [0.15, 0.2) is 0 Å². The highest BCUT2D eigenvalue weighted by Crippen LogP contribution is 2.05. The molecule has 0 radical (unpaired) electrons. The van der Waals surface area contributed by atoms with E-state index >= 15 is 0 Å². The minimum absolute atomic E-state index is 0.178. The molecular formula is C8H12INOS. The van der Waals surface area contributed by atoms with Crippen molar-refractivity contribution < 1.29 is 0 Å². The summed E-state index contributed by atoms with van der Waals surface area (Å²) in [6.45, 7) is 3.06. The van der Waals surface area contributed by atoms with Gasteiger partial charge in [-0.15, -0.1) is 0 Å². The Morgan fingerprint density at radius 2 is 2.33 bits per heavy atom. The van der Waals surface area contributed by atoms with Crippen LogP contribution in [-0.4, -0.2) is 3.96 Å². The molecule has 0 aromatic carbocycles. The van der Waals surface area contributed by atoms with Gasteiger partial charge in [-0.3, -0.25) is 8.75 Å². The van der Waals surface area contributed by atoms with E-state index in [2.05, 4.69) is 29.5 Å². The van der Waals surface area contributed by atoms with E-state index in [0.717, 1.165) is 16.5 Å². The maximum atomic E-state index is 11.3. The van der Waals surface area contributed by atoms with Crippen molar-refractivity contribution in [1.29, 1.82) is 0 Å². The number of aromatic nitrogens is 1. The molecule has 0 saturated heterocycles. The van der Waals surface area contributed by atoms with Crippen molar-refractivity contribution in [3.05, 3.63) is 19.3 Å². The Labute approximate surface area is 89.9 Å². The van der Waals surface area contributed by atoms with Crippen molar-refractivity contribution >= 4 is 34.1 Å². The molecule has 1 aromatic heterocycles. The van der Waals surface area contributed by atoms with E-state index in [4.69, 9.17) is 0 Å². The Hall–Kier alpha value is 0.160. The number of aryl methyl sites for hydroxylation is 1. The second-order valence-electron chi connectivity index (χ2n) is 2.69. The van der Waals surface area contributed by atoms with Crippen molar-refractivity contribution in [1.82, 2.24) is 3.96 Å². The molecule has 0 spiro atoms. The minimum Gasteiger partial charge on any atom is -0.267 e. The fraction of sp³-hybridized carbons (Fsp3) is 0.625. The third kappa shape index (κ3) is 2.58. The minimum atomic E-state index is 0.178. The van der Waals surface area contributed by atoms with Crippen molar-refractivity contribution in [3.8, 4) is 0 Å². The topological polar surface area (TPSA) is 22.0 Å². The number of unbranched alkanes of at least 4 members (excludes halogenated alkanes) is 2. The predicted octanol–water partition coefficient (Wildman–Crippen LogP) is 2.70. The van der Waals surface area contributed by atoms with E-state index in [-0.39, 0.29) is 5.56 Å². The lowest BCUT2D eigenvalue weighted by atomic mass is 10.2. The van der Waals surface area contributed by atoms with Crippen LogP contribution >= 0.6 is 34.1 Å². The molecule has 0 saturated carbocycles. The van der Waals surface area contributed by atoms with Crippen LogP contribution in [0.2, 0.25) is 0 Å². The molecule has 0 amide bonds. The smallest absolute Gasteiger partial charge is 0.267 e. The number of hydrogen-bond acceptors (Lipinski definition) is 2. The number of nitrogens with zero attached hydrogens (tertiary/aromatic N) is 1. The first-order valence-corrected chi connectivity index (χ1v) is 6.01. The third-order valence-corrected chi connectivity index (χ3v) is 3.82. The van der Waals surface area contributed by atoms with Gasteiger partial charge in [-0.05, 0) is 29.0 Å². The molecule has 0 N–H and O–H groups in total. The lowest BCUT2D eigenvalue weighted by Gasteiger charge is -1.97. The molecule has 1 heterocycles. The average Bonchev–Trinajstić information content (AvgIpc) is 2.36. The lowest BCUT2D eigenvalue weighted by Crippen LogP contribution is -2.14. The quantitative estimate of drug-likeness (QED) is 0.618. The molecule has 0 unspecified atom stereocenters. The Morgan fingerprint density at radius 3 is 2.83 bits per heavy atom. The summed E-state index contributed by atoms with van der Waals surface area (Å²) in [5.74, 6) is 0. The molecule has 4 heteroatoms. The molecule has 0 fully saturated rings. The molecule has 0 aliphatic heterocycles. The molecule has 2 nitrogen and oxygen atoms in total. The van der Waals surface area contributed by atoms with E-state index in [9.17, 15) is 4.79 Å². The predicted molar refractivity (Wildman–Crippen MR) is 60.8 cm³/mol. The van der Waals surface area contributed by atoms with Crippen LogP contribution in [0.1, 0.15) is 26.2 Å². The Balaban J connectivity index is 2.52. The van der Waals surface area contributed by atoms with E-state index in [1.54, 1.807) is 0 Å². The molecular weight excluding hydrogens is 285 g/mol. The average molecular weight is 297 g/mol. The second-order valence-corrected chi connectivity index (χ2v) is 4.74. The summed E-state index contributed by atoms with van der Waals surface area (Å²) < 4.78 is 2.67. The van der Waals surface area contributed by atoms with Gasteiger partial charge in [-0.2, -0.15) is 0 Å². The summed E-state index contributed by atoms with van der Waals surface area (Å²) in [7, 11) is 0. The molecule has 0 aliphatic carbocycles. The first-order valence-electron chi connectivity index (χ1n) is 4.10. The molecule has 68 valence electrons. The van der Waals surface area contributed by atoms with Gasteiger partial charge in [0.05, 0.1) is 3.57 Å². The van der Waals surface area contributed by atoms with Crippen LogP contribution in [0, 0.1) is 3.57 Å². The van der Waals surface area contributed by atoms with Gasteiger partial charge in [0.1, 0.15) is 0 Å². The van der Waals surface area contributed by atoms with Gasteiger partial charge in [0, 0.05) is 11.9 Å². The van der Waals surface area contributed by atoms with E-state index in [1.165, 1.54) is 24.4 Å². The summed E-state index contributed by atoms with van der Waals surface area (Å²) in [5.41, 5.74) is 0.178. The van der Waals surface area contributed by atoms with Gasteiger partial charge in [-0.1, -0.05) is 31.3 Å². The van der Waals surface area contributed by atoms with Crippen molar-refractivity contribution in [3.63, 3.8) is 0 Å². The Bertz CT molecular complexity index is 291. The molecule has 12 heavy (non-hydrogen) atoms. The molecule has 0 bridgehead atoms. The van der Waals surface area contributed by atoms with Gasteiger partial charge < -0.3 is 0 Å². The zero-order valence-electron chi connectivity index (χ0n) is 7.05. The highest BCUT2D eigenvalue weighted by Gasteiger charge is 2.01. The van der Waals surface area contributed by atoms with Gasteiger partial charge in [0.2, 0.25) is 0 Å². The van der Waals surface area contributed by atoms with E-state index < -0.39 is 0 Å². The standard InChI is InChI=1S/C8H12INOS/c1-2-3-4-5-10-8(11)7(9)6-12-10/h6H,2-5H2,1H3. The Kier molecular flexibility index (Phi) is 4.28. The van der Waals surface area contributed by atoms with Gasteiger partial charge in [0.25, 0.3) is 5.56 Å². The first kappa shape index (κ1) is 10.2. The number of halogens is 1.